The van der Waals surface area contributed by atoms with E-state index in [4.69, 9.17) is 5.73 Å². The Morgan fingerprint density at radius 1 is 1.56 bits per heavy atom. The second-order valence-corrected chi connectivity index (χ2v) is 4.82. The van der Waals surface area contributed by atoms with Crippen LogP contribution in [0.3, 0.4) is 0 Å². The largest absolute Gasteiger partial charge is 0.388 e. The number of anilines is 1. The van der Waals surface area contributed by atoms with Crippen molar-refractivity contribution >= 4 is 11.6 Å². The maximum absolute atomic E-state index is 11.2. The zero-order valence-electron chi connectivity index (χ0n) is 10.7. The number of hydrogen-bond acceptors (Lipinski definition) is 3. The minimum Gasteiger partial charge on any atom is -0.388 e. The van der Waals surface area contributed by atoms with Gasteiger partial charge in [0.15, 0.2) is 0 Å². The summed E-state index contributed by atoms with van der Waals surface area (Å²) in [5.41, 5.74) is 7.31. The summed E-state index contributed by atoms with van der Waals surface area (Å²) >= 11 is 0. The Morgan fingerprint density at radius 3 is 2.89 bits per heavy atom. The summed E-state index contributed by atoms with van der Waals surface area (Å²) in [6, 6.07) is 7.83. The first-order valence-electron chi connectivity index (χ1n) is 6.44. The maximum Gasteiger partial charge on any atom is 0.222 e. The normalized spacial score (nSPS) is 21.0. The highest BCUT2D eigenvalue weighted by Crippen LogP contribution is 2.31. The van der Waals surface area contributed by atoms with Gasteiger partial charge in [0.2, 0.25) is 5.91 Å². The van der Waals surface area contributed by atoms with Gasteiger partial charge < -0.3 is 15.7 Å². The van der Waals surface area contributed by atoms with Gasteiger partial charge in [0.05, 0.1) is 12.0 Å². The number of amides is 1. The van der Waals surface area contributed by atoms with Gasteiger partial charge in [0.25, 0.3) is 0 Å². The van der Waals surface area contributed by atoms with Crippen molar-refractivity contribution < 1.29 is 9.90 Å². The van der Waals surface area contributed by atoms with Gasteiger partial charge in [-0.25, -0.2) is 0 Å². The molecule has 1 saturated heterocycles. The van der Waals surface area contributed by atoms with Crippen LogP contribution >= 0.6 is 0 Å². The number of primary amides is 1. The molecule has 18 heavy (non-hydrogen) atoms. The summed E-state index contributed by atoms with van der Waals surface area (Å²) in [5, 5.41) is 10.0. The van der Waals surface area contributed by atoms with Gasteiger partial charge in [-0.3, -0.25) is 4.79 Å². The van der Waals surface area contributed by atoms with Crippen molar-refractivity contribution in [1.29, 1.82) is 0 Å². The molecule has 1 aromatic rings. The SMILES string of the molecule is CC[C@H](O)c1ccccc1N1CCC(C(N)=O)C1. The van der Waals surface area contributed by atoms with E-state index in [0.29, 0.717) is 13.0 Å². The van der Waals surface area contributed by atoms with Gasteiger partial charge in [-0.15, -0.1) is 0 Å². The highest BCUT2D eigenvalue weighted by Gasteiger charge is 2.28. The van der Waals surface area contributed by atoms with E-state index in [2.05, 4.69) is 4.90 Å². The van der Waals surface area contributed by atoms with Gasteiger partial charge >= 0.3 is 0 Å². The molecule has 1 fully saturated rings. The van der Waals surface area contributed by atoms with Crippen molar-refractivity contribution in [1.82, 2.24) is 0 Å². The third kappa shape index (κ3) is 2.48. The predicted octanol–water partition coefficient (Wildman–Crippen LogP) is 1.44. The third-order valence-corrected chi connectivity index (χ3v) is 3.61. The molecule has 1 aliphatic rings. The molecule has 0 bridgehead atoms. The van der Waals surface area contributed by atoms with Crippen LogP contribution in [-0.4, -0.2) is 24.1 Å². The van der Waals surface area contributed by atoms with E-state index in [1.807, 2.05) is 31.2 Å². The van der Waals surface area contributed by atoms with E-state index in [1.54, 1.807) is 0 Å². The first-order chi connectivity index (χ1) is 8.63. The van der Waals surface area contributed by atoms with Gasteiger partial charge in [0.1, 0.15) is 0 Å². The molecule has 98 valence electrons. The molecule has 2 atom stereocenters. The topological polar surface area (TPSA) is 66.6 Å². The van der Waals surface area contributed by atoms with Crippen LogP contribution in [0.4, 0.5) is 5.69 Å². The van der Waals surface area contributed by atoms with Crippen LogP contribution in [0.1, 0.15) is 31.4 Å². The van der Waals surface area contributed by atoms with Crippen molar-refractivity contribution in [2.75, 3.05) is 18.0 Å². The molecule has 4 nitrogen and oxygen atoms in total. The number of rotatable bonds is 4. The molecule has 3 N–H and O–H groups in total. The van der Waals surface area contributed by atoms with E-state index in [-0.39, 0.29) is 11.8 Å². The summed E-state index contributed by atoms with van der Waals surface area (Å²) in [5.74, 6) is -0.303. The molecule has 0 spiro atoms. The fourth-order valence-electron chi connectivity index (χ4n) is 2.49. The number of nitrogens with zero attached hydrogens (tertiary/aromatic N) is 1. The van der Waals surface area contributed by atoms with Crippen molar-refractivity contribution in [2.45, 2.75) is 25.9 Å². The average Bonchev–Trinajstić information content (AvgIpc) is 2.87. The van der Waals surface area contributed by atoms with Crippen LogP contribution in [0.15, 0.2) is 24.3 Å². The molecule has 4 heteroatoms. The average molecular weight is 248 g/mol. The lowest BCUT2D eigenvalue weighted by Crippen LogP contribution is -2.27. The smallest absolute Gasteiger partial charge is 0.222 e. The summed E-state index contributed by atoms with van der Waals surface area (Å²) in [4.78, 5) is 13.3. The van der Waals surface area contributed by atoms with Crippen molar-refractivity contribution in [2.24, 2.45) is 11.7 Å². The van der Waals surface area contributed by atoms with Crippen LogP contribution in [0.2, 0.25) is 0 Å². The molecular formula is C14H20N2O2. The Hall–Kier alpha value is -1.55. The van der Waals surface area contributed by atoms with Crippen LogP contribution in [0, 0.1) is 5.92 Å². The van der Waals surface area contributed by atoms with Crippen LogP contribution in [-0.2, 0) is 4.79 Å². The van der Waals surface area contributed by atoms with Gasteiger partial charge in [-0.1, -0.05) is 25.1 Å². The highest BCUT2D eigenvalue weighted by atomic mass is 16.3. The zero-order chi connectivity index (χ0) is 13.1. The molecule has 1 aromatic carbocycles. The molecular weight excluding hydrogens is 228 g/mol. The van der Waals surface area contributed by atoms with E-state index in [9.17, 15) is 9.90 Å². The number of nitrogens with two attached hydrogens (primary N) is 1. The molecule has 1 amide bonds. The Balaban J connectivity index is 2.21. The molecule has 1 heterocycles. The van der Waals surface area contributed by atoms with Crippen molar-refractivity contribution in [3.8, 4) is 0 Å². The zero-order valence-corrected chi connectivity index (χ0v) is 10.7. The Morgan fingerprint density at radius 2 is 2.28 bits per heavy atom. The lowest BCUT2D eigenvalue weighted by atomic mass is 10.0. The number of benzene rings is 1. The predicted molar refractivity (Wildman–Crippen MR) is 71.2 cm³/mol. The van der Waals surface area contributed by atoms with E-state index >= 15 is 0 Å². The first kappa shape index (κ1) is 12.9. The van der Waals surface area contributed by atoms with Crippen LogP contribution < -0.4 is 10.6 Å². The lowest BCUT2D eigenvalue weighted by Gasteiger charge is -2.23. The number of aliphatic hydroxyl groups excluding tert-OH is 1. The Bertz CT molecular complexity index is 434. The molecule has 0 saturated carbocycles. The highest BCUT2D eigenvalue weighted by molar-refractivity contribution is 5.78. The first-order valence-corrected chi connectivity index (χ1v) is 6.44. The second-order valence-electron chi connectivity index (χ2n) is 4.82. The quantitative estimate of drug-likeness (QED) is 0.847. The summed E-state index contributed by atoms with van der Waals surface area (Å²) in [7, 11) is 0. The maximum atomic E-state index is 11.2. The third-order valence-electron chi connectivity index (χ3n) is 3.61. The molecule has 1 unspecified atom stereocenters. The van der Waals surface area contributed by atoms with Gasteiger partial charge in [-0.05, 0) is 18.9 Å². The Kier molecular flexibility index (Phi) is 3.87. The van der Waals surface area contributed by atoms with Crippen molar-refractivity contribution in [3.63, 3.8) is 0 Å². The molecule has 0 radical (unpaired) electrons. The number of para-hydroxylation sites is 1. The number of hydrogen-bond donors (Lipinski definition) is 2. The van der Waals surface area contributed by atoms with E-state index < -0.39 is 6.10 Å². The molecule has 1 aliphatic heterocycles. The fraction of sp³-hybridized carbons (Fsp3) is 0.500. The molecule has 0 aliphatic carbocycles. The number of carbonyl (C=O) groups excluding carboxylic acids is 1. The van der Waals surface area contributed by atoms with Gasteiger partial charge in [0, 0.05) is 24.3 Å². The molecule has 0 aromatic heterocycles. The lowest BCUT2D eigenvalue weighted by molar-refractivity contribution is -0.121. The summed E-state index contributed by atoms with van der Waals surface area (Å²) in [6.45, 7) is 3.43. The monoisotopic (exact) mass is 248 g/mol. The molecule has 2 rings (SSSR count). The van der Waals surface area contributed by atoms with Gasteiger partial charge in [-0.2, -0.15) is 0 Å². The van der Waals surface area contributed by atoms with Crippen LogP contribution in [0.25, 0.3) is 0 Å². The van der Waals surface area contributed by atoms with E-state index in [0.717, 1.165) is 24.2 Å². The minimum absolute atomic E-state index is 0.0724. The number of carbonyl (C=O) groups is 1. The summed E-state index contributed by atoms with van der Waals surface area (Å²) < 4.78 is 0. The second kappa shape index (κ2) is 5.40. The minimum atomic E-state index is -0.450. The summed E-state index contributed by atoms with van der Waals surface area (Å²) in [6.07, 6.45) is 1.03. The number of aliphatic hydroxyl groups is 1. The standard InChI is InChI=1S/C14H20N2O2/c1-2-13(17)11-5-3-4-6-12(11)16-8-7-10(9-16)14(15)18/h3-6,10,13,17H,2,7-9H2,1H3,(H2,15,18)/t10?,13-/m0/s1. The van der Waals surface area contributed by atoms with Crippen molar-refractivity contribution in [3.05, 3.63) is 29.8 Å². The fourth-order valence-corrected chi connectivity index (χ4v) is 2.49. The van der Waals surface area contributed by atoms with Crippen LogP contribution in [0.5, 0.6) is 0 Å². The Labute approximate surface area is 107 Å². The van der Waals surface area contributed by atoms with E-state index in [1.165, 1.54) is 0 Å².